The largest absolute Gasteiger partial charge is 0.545 e. The fourth-order valence-corrected chi connectivity index (χ4v) is 1.55. The summed E-state index contributed by atoms with van der Waals surface area (Å²) in [7, 11) is 0. The van der Waals surface area contributed by atoms with Crippen LogP contribution in [0.25, 0.3) is 10.9 Å². The number of carbonyl (C=O) groups excluding carboxylic acids is 1. The van der Waals surface area contributed by atoms with E-state index < -0.39 is 11.5 Å². The number of nitrogens with two attached hydrogens (primary N) is 1. The van der Waals surface area contributed by atoms with Crippen molar-refractivity contribution in [3.63, 3.8) is 0 Å². The number of nitrogens with zero attached hydrogens (tertiary/aromatic N) is 1. The molecule has 0 aliphatic heterocycles. The molecule has 0 aliphatic carbocycles. The Balaban J connectivity index is 2.92. The van der Waals surface area contributed by atoms with Crippen LogP contribution in [0.5, 0.6) is 0 Å². The zero-order valence-corrected chi connectivity index (χ0v) is 8.71. The van der Waals surface area contributed by atoms with Crippen molar-refractivity contribution < 1.29 is 9.90 Å². The molecule has 0 amide bonds. The van der Waals surface area contributed by atoms with Crippen molar-refractivity contribution in [1.29, 1.82) is 0 Å². The Morgan fingerprint density at radius 2 is 2.19 bits per heavy atom. The lowest BCUT2D eigenvalue weighted by molar-refractivity contribution is -0.255. The molecule has 0 fully saturated rings. The summed E-state index contributed by atoms with van der Waals surface area (Å²) >= 11 is 4.80. The molecule has 0 spiro atoms. The lowest BCUT2D eigenvalue weighted by atomic mass is 10.1. The summed E-state index contributed by atoms with van der Waals surface area (Å²) in [5.41, 5.74) is -0.200. The molecule has 1 aromatic heterocycles. The quantitative estimate of drug-likeness (QED) is 0.495. The van der Waals surface area contributed by atoms with Gasteiger partial charge in [-0.1, -0.05) is 6.07 Å². The number of aromatic nitrogens is 2. The van der Waals surface area contributed by atoms with Crippen molar-refractivity contribution in [1.82, 2.24) is 9.66 Å². The highest BCUT2D eigenvalue weighted by Gasteiger charge is 2.04. The van der Waals surface area contributed by atoms with Gasteiger partial charge in [-0.2, -0.15) is 4.68 Å². The Morgan fingerprint density at radius 1 is 1.50 bits per heavy atom. The van der Waals surface area contributed by atoms with Crippen LogP contribution in [0.15, 0.2) is 23.0 Å². The topological polar surface area (TPSA) is 104 Å². The average molecular weight is 236 g/mol. The van der Waals surface area contributed by atoms with Gasteiger partial charge >= 0.3 is 0 Å². The molecule has 7 heteroatoms. The number of rotatable bonds is 1. The smallest absolute Gasteiger partial charge is 0.280 e. The number of H-pyrrole nitrogens is 1. The van der Waals surface area contributed by atoms with Crippen LogP contribution < -0.4 is 16.5 Å². The second kappa shape index (κ2) is 3.46. The molecular formula is C9H6N3O3S-. The Morgan fingerprint density at radius 3 is 2.81 bits per heavy atom. The van der Waals surface area contributed by atoms with Crippen LogP contribution in [0.4, 0.5) is 0 Å². The summed E-state index contributed by atoms with van der Waals surface area (Å²) in [6.07, 6.45) is 0. The fraction of sp³-hybridized carbons (Fsp3) is 0. The Kier molecular flexibility index (Phi) is 2.24. The van der Waals surface area contributed by atoms with Crippen LogP contribution in [-0.2, 0) is 0 Å². The van der Waals surface area contributed by atoms with E-state index in [1.807, 2.05) is 0 Å². The molecule has 0 radical (unpaired) electrons. The van der Waals surface area contributed by atoms with E-state index in [0.717, 1.165) is 4.68 Å². The van der Waals surface area contributed by atoms with E-state index >= 15 is 0 Å². The molecule has 0 saturated heterocycles. The van der Waals surface area contributed by atoms with Crippen LogP contribution in [-0.4, -0.2) is 15.6 Å². The second-order valence-electron chi connectivity index (χ2n) is 3.15. The summed E-state index contributed by atoms with van der Waals surface area (Å²) in [6, 6.07) is 3.91. The molecule has 0 unspecified atom stereocenters. The van der Waals surface area contributed by atoms with Crippen molar-refractivity contribution in [2.75, 3.05) is 5.84 Å². The van der Waals surface area contributed by atoms with Gasteiger partial charge in [-0.05, 0) is 29.9 Å². The number of nitrogens with one attached hydrogen (secondary N) is 1. The first-order valence-electron chi connectivity index (χ1n) is 4.26. The van der Waals surface area contributed by atoms with Crippen LogP contribution in [0.2, 0.25) is 0 Å². The zero-order valence-electron chi connectivity index (χ0n) is 7.89. The molecule has 0 atom stereocenters. The highest BCUT2D eigenvalue weighted by molar-refractivity contribution is 7.71. The van der Waals surface area contributed by atoms with Gasteiger partial charge in [0.2, 0.25) is 0 Å². The summed E-state index contributed by atoms with van der Waals surface area (Å²) in [5, 5.41) is 10.9. The third-order valence-corrected chi connectivity index (χ3v) is 2.46. The van der Waals surface area contributed by atoms with Gasteiger partial charge < -0.3 is 20.7 Å². The van der Waals surface area contributed by atoms with Gasteiger partial charge in [-0.15, -0.1) is 0 Å². The molecule has 2 aromatic rings. The molecule has 16 heavy (non-hydrogen) atoms. The Hall–Kier alpha value is -2.15. The van der Waals surface area contributed by atoms with E-state index in [9.17, 15) is 14.7 Å². The Bertz CT molecular complexity index is 701. The van der Waals surface area contributed by atoms with Crippen molar-refractivity contribution in [2.24, 2.45) is 0 Å². The molecule has 1 aromatic carbocycles. The van der Waals surface area contributed by atoms with E-state index in [1.165, 1.54) is 18.2 Å². The molecule has 0 bridgehead atoms. The maximum Gasteiger partial charge on any atom is 0.280 e. The summed E-state index contributed by atoms with van der Waals surface area (Å²) < 4.78 is 0.809. The van der Waals surface area contributed by atoms with Crippen LogP contribution >= 0.6 is 12.2 Å². The number of hydrogen-bond donors (Lipinski definition) is 2. The van der Waals surface area contributed by atoms with E-state index in [-0.39, 0.29) is 15.7 Å². The number of nitrogen functional groups attached to an aromatic ring is 1. The fourth-order valence-electron chi connectivity index (χ4n) is 1.36. The van der Waals surface area contributed by atoms with E-state index in [2.05, 4.69) is 4.98 Å². The van der Waals surface area contributed by atoms with Gasteiger partial charge in [-0.3, -0.25) is 4.79 Å². The Labute approximate surface area is 93.9 Å². The maximum atomic E-state index is 11.6. The third kappa shape index (κ3) is 1.47. The lowest BCUT2D eigenvalue weighted by Crippen LogP contribution is -2.29. The first-order chi connectivity index (χ1) is 7.50. The molecule has 82 valence electrons. The van der Waals surface area contributed by atoms with Gasteiger partial charge in [0, 0.05) is 0 Å². The maximum absolute atomic E-state index is 11.6. The third-order valence-electron chi connectivity index (χ3n) is 2.16. The molecule has 3 N–H and O–H groups in total. The summed E-state index contributed by atoms with van der Waals surface area (Å²) in [4.78, 5) is 24.9. The molecule has 2 rings (SSSR count). The van der Waals surface area contributed by atoms with Crippen molar-refractivity contribution in [3.8, 4) is 0 Å². The highest BCUT2D eigenvalue weighted by Crippen LogP contribution is 2.09. The van der Waals surface area contributed by atoms with E-state index in [1.54, 1.807) is 0 Å². The van der Waals surface area contributed by atoms with Crippen LogP contribution in [0.3, 0.4) is 0 Å². The van der Waals surface area contributed by atoms with Gasteiger partial charge in [0.25, 0.3) is 5.56 Å². The summed E-state index contributed by atoms with van der Waals surface area (Å²) in [6.45, 7) is 0. The van der Waals surface area contributed by atoms with Crippen molar-refractivity contribution >= 4 is 29.1 Å². The van der Waals surface area contributed by atoms with Gasteiger partial charge in [0.15, 0.2) is 4.77 Å². The van der Waals surface area contributed by atoms with E-state index in [4.69, 9.17) is 18.1 Å². The number of fused-ring (bicyclic) bond motifs is 1. The monoisotopic (exact) mass is 236 g/mol. The predicted octanol–water partition coefficient (Wildman–Crippen LogP) is -0.864. The molecule has 1 heterocycles. The molecule has 0 saturated carbocycles. The number of carboxylic acids is 1. The minimum atomic E-state index is -1.32. The van der Waals surface area contributed by atoms with E-state index in [0.29, 0.717) is 5.52 Å². The van der Waals surface area contributed by atoms with Gasteiger partial charge in [0.05, 0.1) is 16.9 Å². The normalized spacial score (nSPS) is 10.5. The number of hydrogen-bond acceptors (Lipinski definition) is 5. The SMILES string of the molecule is Nn1c(=S)[nH]c2cc(C(=O)[O-])ccc2c1=O. The van der Waals surface area contributed by atoms with Crippen molar-refractivity contribution in [2.45, 2.75) is 0 Å². The zero-order chi connectivity index (χ0) is 11.9. The summed E-state index contributed by atoms with van der Waals surface area (Å²) in [5.74, 6) is 4.06. The predicted molar refractivity (Wildman–Crippen MR) is 57.9 cm³/mol. The molecular weight excluding hydrogens is 230 g/mol. The number of aromatic amines is 1. The number of aromatic carboxylic acids is 1. The second-order valence-corrected chi connectivity index (χ2v) is 3.54. The first kappa shape index (κ1) is 10.4. The minimum Gasteiger partial charge on any atom is -0.545 e. The highest BCUT2D eigenvalue weighted by atomic mass is 32.1. The molecule has 0 aliphatic rings. The first-order valence-corrected chi connectivity index (χ1v) is 4.67. The molecule has 6 nitrogen and oxygen atoms in total. The minimum absolute atomic E-state index is 0.0213. The van der Waals surface area contributed by atoms with Gasteiger partial charge in [0.1, 0.15) is 0 Å². The van der Waals surface area contributed by atoms with Crippen LogP contribution in [0, 0.1) is 4.77 Å². The average Bonchev–Trinajstić information content (AvgIpc) is 2.25. The number of carboxylic acid groups (broad SMARTS) is 1. The van der Waals surface area contributed by atoms with Crippen LogP contribution in [0.1, 0.15) is 10.4 Å². The number of carbonyl (C=O) groups is 1. The van der Waals surface area contributed by atoms with Gasteiger partial charge in [-0.25, -0.2) is 0 Å². The lowest BCUT2D eigenvalue weighted by Gasteiger charge is -2.05. The standard InChI is InChI=1S/C9H7N3O3S/c10-12-7(13)5-2-1-4(8(14)15)3-6(5)11-9(12)16/h1-3H,10H2,(H,11,16)(H,14,15)/p-1. The van der Waals surface area contributed by atoms with Crippen molar-refractivity contribution in [3.05, 3.63) is 38.9 Å². The number of benzene rings is 1.